The maximum atomic E-state index is 13.2. The van der Waals surface area contributed by atoms with Gasteiger partial charge in [-0.2, -0.15) is 0 Å². The summed E-state index contributed by atoms with van der Waals surface area (Å²) in [4.78, 5) is 21.3. The zero-order valence-electron chi connectivity index (χ0n) is 15.3. The fourth-order valence-electron chi connectivity index (χ4n) is 3.54. The minimum Gasteiger partial charge on any atom is -0.350 e. The van der Waals surface area contributed by atoms with Crippen LogP contribution in [0.1, 0.15) is 40.9 Å². The minimum absolute atomic E-state index is 0.151. The maximum absolute atomic E-state index is 13.2. The number of nitrogens with one attached hydrogen (secondary N) is 1. The number of aromatic nitrogens is 1. The van der Waals surface area contributed by atoms with Crippen LogP contribution in [-0.4, -0.2) is 35.9 Å². The number of amides is 1. The zero-order chi connectivity index (χ0) is 17.9. The molecule has 1 aromatic heterocycles. The molecule has 3 rings (SSSR count). The number of rotatable bonds is 5. The highest BCUT2D eigenvalue weighted by molar-refractivity contribution is 7.11. The van der Waals surface area contributed by atoms with Crippen LogP contribution >= 0.6 is 11.3 Å². The molecule has 0 atom stereocenters. The normalized spacial score (nSPS) is 17.4. The zero-order valence-corrected chi connectivity index (χ0v) is 16.2. The topological polar surface area (TPSA) is 45.2 Å². The van der Waals surface area contributed by atoms with Gasteiger partial charge in [-0.15, -0.1) is 11.3 Å². The van der Waals surface area contributed by atoms with E-state index in [0.29, 0.717) is 6.54 Å². The standard InChI is InChI=1S/C20H27N3OS/c1-4-18-22-15(2)17(25-18)14-21-19(24)20(10-12-23(3)13-11-20)16-8-6-5-7-9-16/h5-9H,4,10-14H2,1-3H3,(H,21,24). The molecule has 25 heavy (non-hydrogen) atoms. The maximum Gasteiger partial charge on any atom is 0.231 e. The summed E-state index contributed by atoms with van der Waals surface area (Å²) in [5.74, 6) is 0.151. The summed E-state index contributed by atoms with van der Waals surface area (Å²) in [6, 6.07) is 10.3. The van der Waals surface area contributed by atoms with Crippen LogP contribution in [0.5, 0.6) is 0 Å². The second-order valence-electron chi connectivity index (χ2n) is 6.90. The van der Waals surface area contributed by atoms with E-state index in [1.807, 2.05) is 25.1 Å². The van der Waals surface area contributed by atoms with Gasteiger partial charge < -0.3 is 10.2 Å². The lowest BCUT2D eigenvalue weighted by molar-refractivity contribution is -0.128. The number of carbonyl (C=O) groups is 1. The molecule has 0 bridgehead atoms. The number of piperidine rings is 1. The van der Waals surface area contributed by atoms with Crippen molar-refractivity contribution in [1.82, 2.24) is 15.2 Å². The third-order valence-electron chi connectivity index (χ3n) is 5.25. The van der Waals surface area contributed by atoms with E-state index >= 15 is 0 Å². The van der Waals surface area contributed by atoms with Gasteiger partial charge in [0.1, 0.15) is 0 Å². The molecule has 0 radical (unpaired) electrons. The first-order chi connectivity index (χ1) is 12.0. The van der Waals surface area contributed by atoms with Crippen LogP contribution < -0.4 is 5.32 Å². The van der Waals surface area contributed by atoms with Crippen LogP contribution in [0.25, 0.3) is 0 Å². The summed E-state index contributed by atoms with van der Waals surface area (Å²) in [7, 11) is 2.12. The largest absolute Gasteiger partial charge is 0.350 e. The number of likely N-dealkylation sites (tertiary alicyclic amines) is 1. The molecule has 1 aliphatic rings. The van der Waals surface area contributed by atoms with E-state index in [9.17, 15) is 4.79 Å². The predicted octanol–water partition coefficient (Wildman–Crippen LogP) is 3.29. The Morgan fingerprint density at radius 2 is 1.96 bits per heavy atom. The van der Waals surface area contributed by atoms with Gasteiger partial charge in [0.05, 0.1) is 22.7 Å². The Labute approximate surface area is 154 Å². The Morgan fingerprint density at radius 1 is 1.28 bits per heavy atom. The lowest BCUT2D eigenvalue weighted by atomic mass is 9.72. The molecule has 0 aliphatic carbocycles. The van der Waals surface area contributed by atoms with E-state index in [1.54, 1.807) is 11.3 Å². The van der Waals surface area contributed by atoms with E-state index in [-0.39, 0.29) is 5.91 Å². The van der Waals surface area contributed by atoms with Crippen molar-refractivity contribution < 1.29 is 4.79 Å². The van der Waals surface area contributed by atoms with Gasteiger partial charge in [-0.05, 0) is 51.9 Å². The van der Waals surface area contributed by atoms with E-state index in [0.717, 1.165) is 48.6 Å². The SMILES string of the molecule is CCc1nc(C)c(CNC(=O)C2(c3ccccc3)CCN(C)CC2)s1. The quantitative estimate of drug-likeness (QED) is 0.893. The Bertz CT molecular complexity index is 718. The average Bonchev–Trinajstić information content (AvgIpc) is 3.01. The van der Waals surface area contributed by atoms with Crippen LogP contribution in [0.3, 0.4) is 0 Å². The summed E-state index contributed by atoms with van der Waals surface area (Å²) in [5, 5.41) is 4.35. The van der Waals surface area contributed by atoms with Crippen molar-refractivity contribution in [3.8, 4) is 0 Å². The number of benzene rings is 1. The molecule has 1 fully saturated rings. The Balaban J connectivity index is 1.79. The van der Waals surface area contributed by atoms with E-state index in [4.69, 9.17) is 0 Å². The number of aryl methyl sites for hydroxylation is 2. The van der Waals surface area contributed by atoms with Crippen molar-refractivity contribution in [2.75, 3.05) is 20.1 Å². The van der Waals surface area contributed by atoms with Crippen molar-refractivity contribution in [3.63, 3.8) is 0 Å². The summed E-state index contributed by atoms with van der Waals surface area (Å²) in [5.41, 5.74) is 1.76. The summed E-state index contributed by atoms with van der Waals surface area (Å²) < 4.78 is 0. The van der Waals surface area contributed by atoms with E-state index in [1.165, 1.54) is 4.88 Å². The number of thiazole rings is 1. The van der Waals surface area contributed by atoms with Crippen molar-refractivity contribution in [2.45, 2.75) is 45.1 Å². The third-order valence-corrected chi connectivity index (χ3v) is 6.55. The number of carbonyl (C=O) groups excluding carboxylic acids is 1. The molecule has 5 heteroatoms. The van der Waals surface area contributed by atoms with Crippen LogP contribution in [-0.2, 0) is 23.2 Å². The van der Waals surface area contributed by atoms with Crippen molar-refractivity contribution in [3.05, 3.63) is 51.5 Å². The van der Waals surface area contributed by atoms with E-state index in [2.05, 4.69) is 41.3 Å². The molecular weight excluding hydrogens is 330 g/mol. The first kappa shape index (κ1) is 18.1. The van der Waals surface area contributed by atoms with E-state index < -0.39 is 5.41 Å². The van der Waals surface area contributed by atoms with Crippen molar-refractivity contribution in [1.29, 1.82) is 0 Å². The molecule has 0 saturated carbocycles. The second-order valence-corrected chi connectivity index (χ2v) is 8.07. The van der Waals surface area contributed by atoms with Crippen molar-refractivity contribution in [2.24, 2.45) is 0 Å². The number of hydrogen-bond donors (Lipinski definition) is 1. The Morgan fingerprint density at radius 3 is 2.56 bits per heavy atom. The van der Waals surface area contributed by atoms with Crippen LogP contribution in [0.2, 0.25) is 0 Å². The highest BCUT2D eigenvalue weighted by Crippen LogP contribution is 2.35. The monoisotopic (exact) mass is 357 g/mol. The smallest absolute Gasteiger partial charge is 0.231 e. The first-order valence-electron chi connectivity index (χ1n) is 9.02. The van der Waals surface area contributed by atoms with Crippen LogP contribution in [0.4, 0.5) is 0 Å². The number of nitrogens with zero attached hydrogens (tertiary/aromatic N) is 2. The Kier molecular flexibility index (Phi) is 5.54. The van der Waals surface area contributed by atoms with Gasteiger partial charge in [-0.3, -0.25) is 4.79 Å². The molecule has 2 heterocycles. The molecular formula is C20H27N3OS. The molecule has 4 nitrogen and oxygen atoms in total. The van der Waals surface area contributed by atoms with Crippen LogP contribution in [0, 0.1) is 6.92 Å². The molecule has 1 aromatic carbocycles. The van der Waals surface area contributed by atoms with Gasteiger partial charge in [0, 0.05) is 4.88 Å². The van der Waals surface area contributed by atoms with Gasteiger partial charge in [-0.1, -0.05) is 37.3 Å². The highest BCUT2D eigenvalue weighted by Gasteiger charge is 2.42. The number of hydrogen-bond acceptors (Lipinski definition) is 4. The molecule has 2 aromatic rings. The molecule has 1 aliphatic heterocycles. The lowest BCUT2D eigenvalue weighted by Gasteiger charge is -2.39. The fraction of sp³-hybridized carbons (Fsp3) is 0.500. The second kappa shape index (κ2) is 7.67. The summed E-state index contributed by atoms with van der Waals surface area (Å²) >= 11 is 1.71. The molecule has 134 valence electrons. The average molecular weight is 358 g/mol. The highest BCUT2D eigenvalue weighted by atomic mass is 32.1. The summed E-state index contributed by atoms with van der Waals surface area (Å²) in [6.07, 6.45) is 2.67. The minimum atomic E-state index is -0.417. The fourth-order valence-corrected chi connectivity index (χ4v) is 4.49. The predicted molar refractivity (Wildman–Crippen MR) is 103 cm³/mol. The van der Waals surface area contributed by atoms with Crippen molar-refractivity contribution >= 4 is 17.2 Å². The van der Waals surface area contributed by atoms with Gasteiger partial charge >= 0.3 is 0 Å². The first-order valence-corrected chi connectivity index (χ1v) is 9.84. The third kappa shape index (κ3) is 3.77. The van der Waals surface area contributed by atoms with Gasteiger partial charge in [-0.25, -0.2) is 4.98 Å². The lowest BCUT2D eigenvalue weighted by Crippen LogP contribution is -2.50. The Hall–Kier alpha value is -1.72. The molecule has 1 N–H and O–H groups in total. The van der Waals surface area contributed by atoms with Gasteiger partial charge in [0.2, 0.25) is 5.91 Å². The molecule has 0 unspecified atom stereocenters. The van der Waals surface area contributed by atoms with Gasteiger partial charge in [0.15, 0.2) is 0 Å². The molecule has 0 spiro atoms. The molecule has 1 amide bonds. The summed E-state index contributed by atoms with van der Waals surface area (Å²) in [6.45, 7) is 6.61. The molecule has 1 saturated heterocycles. The van der Waals surface area contributed by atoms with Crippen LogP contribution in [0.15, 0.2) is 30.3 Å². The van der Waals surface area contributed by atoms with Gasteiger partial charge in [0.25, 0.3) is 0 Å².